The van der Waals surface area contributed by atoms with E-state index >= 15 is 0 Å². The predicted octanol–water partition coefficient (Wildman–Crippen LogP) is 3.04. The summed E-state index contributed by atoms with van der Waals surface area (Å²) in [7, 11) is 0. The van der Waals surface area contributed by atoms with Crippen LogP contribution in [0, 0.1) is 13.8 Å². The molecule has 0 bridgehead atoms. The van der Waals surface area contributed by atoms with Gasteiger partial charge in [-0.1, -0.05) is 41.5 Å². The number of benzene rings is 2. The topological polar surface area (TPSA) is 43.1 Å². The van der Waals surface area contributed by atoms with Crippen molar-refractivity contribution in [3.8, 4) is 0 Å². The first-order chi connectivity index (χ1) is 9.10. The molecule has 0 heterocycles. The molecule has 0 fully saturated rings. The molecule has 0 radical (unpaired) electrons. The van der Waals surface area contributed by atoms with Gasteiger partial charge in [-0.3, -0.25) is 4.79 Å². The second-order valence-electron chi connectivity index (χ2n) is 4.94. The lowest BCUT2D eigenvalue weighted by Gasteiger charge is -2.05. The normalized spacial score (nSPS) is 10.5. The molecule has 0 unspecified atom stereocenters. The Bertz CT molecular complexity index is 564. The molecule has 0 aliphatic carbocycles. The van der Waals surface area contributed by atoms with Crippen LogP contribution in [0.1, 0.15) is 32.6 Å². The molecule has 2 heteroatoms. The van der Waals surface area contributed by atoms with E-state index in [-0.39, 0.29) is 5.78 Å². The Kier molecular flexibility index (Phi) is 4.13. The van der Waals surface area contributed by atoms with Gasteiger partial charge >= 0.3 is 0 Å². The molecule has 0 amide bonds. The molecule has 0 saturated carbocycles. The lowest BCUT2D eigenvalue weighted by molar-refractivity contribution is 0.103. The quantitative estimate of drug-likeness (QED) is 0.851. The molecule has 0 aliphatic heterocycles. The summed E-state index contributed by atoms with van der Waals surface area (Å²) in [5.41, 5.74) is 10.4. The Morgan fingerprint density at radius 3 is 2.05 bits per heavy atom. The first-order valence-corrected chi connectivity index (χ1v) is 6.52. The molecule has 0 atom stereocenters. The van der Waals surface area contributed by atoms with Gasteiger partial charge in [-0.2, -0.15) is 0 Å². The maximum atomic E-state index is 12.4. The zero-order valence-electron chi connectivity index (χ0n) is 11.4. The molecule has 0 saturated heterocycles. The average molecular weight is 253 g/mol. The number of ketones is 1. The van der Waals surface area contributed by atoms with Gasteiger partial charge in [-0.25, -0.2) is 0 Å². The highest BCUT2D eigenvalue weighted by molar-refractivity contribution is 6.09. The summed E-state index contributed by atoms with van der Waals surface area (Å²) >= 11 is 0. The largest absolute Gasteiger partial charge is 0.330 e. The van der Waals surface area contributed by atoms with E-state index in [1.165, 1.54) is 5.56 Å². The molecular weight excluding hydrogens is 234 g/mol. The maximum Gasteiger partial charge on any atom is 0.193 e. The first-order valence-electron chi connectivity index (χ1n) is 6.52. The number of nitrogens with two attached hydrogens (primary N) is 1. The summed E-state index contributed by atoms with van der Waals surface area (Å²) in [5.74, 6) is 0.0751. The summed E-state index contributed by atoms with van der Waals surface area (Å²) in [6.07, 6.45) is 0.845. The van der Waals surface area contributed by atoms with E-state index in [1.807, 2.05) is 50.2 Å². The summed E-state index contributed by atoms with van der Waals surface area (Å²) in [4.78, 5) is 12.4. The lowest BCUT2D eigenvalue weighted by Crippen LogP contribution is -2.05. The van der Waals surface area contributed by atoms with Gasteiger partial charge in [0.25, 0.3) is 0 Å². The van der Waals surface area contributed by atoms with Crippen LogP contribution >= 0.6 is 0 Å². The minimum Gasteiger partial charge on any atom is -0.330 e. The van der Waals surface area contributed by atoms with Gasteiger partial charge < -0.3 is 5.73 Å². The maximum absolute atomic E-state index is 12.4. The number of aryl methyl sites for hydroxylation is 2. The fourth-order valence-electron chi connectivity index (χ4n) is 2.26. The average Bonchev–Trinajstić information content (AvgIpc) is 2.38. The van der Waals surface area contributed by atoms with Crippen LogP contribution in [-0.2, 0) is 6.42 Å². The van der Waals surface area contributed by atoms with E-state index in [9.17, 15) is 4.79 Å². The zero-order valence-corrected chi connectivity index (χ0v) is 11.4. The molecule has 98 valence electrons. The molecular formula is C17H19NO. The van der Waals surface area contributed by atoms with E-state index < -0.39 is 0 Å². The van der Waals surface area contributed by atoms with Gasteiger partial charge in [0.15, 0.2) is 5.78 Å². The van der Waals surface area contributed by atoms with Crippen molar-refractivity contribution in [2.45, 2.75) is 20.3 Å². The summed E-state index contributed by atoms with van der Waals surface area (Å²) < 4.78 is 0. The molecule has 2 aromatic rings. The molecule has 0 aliphatic rings. The molecule has 0 spiro atoms. The van der Waals surface area contributed by atoms with Crippen LogP contribution in [0.2, 0.25) is 0 Å². The first kappa shape index (κ1) is 13.5. The highest BCUT2D eigenvalue weighted by Crippen LogP contribution is 2.15. The van der Waals surface area contributed by atoms with E-state index in [1.54, 1.807) is 0 Å². The third-order valence-electron chi connectivity index (χ3n) is 3.13. The highest BCUT2D eigenvalue weighted by atomic mass is 16.1. The standard InChI is InChI=1S/C17H19NO/c1-12-9-13(2)11-16(10-12)17(19)15-5-3-14(4-6-15)7-8-18/h3-6,9-11H,7-8,18H2,1-2H3. The number of carbonyl (C=O) groups is 1. The highest BCUT2D eigenvalue weighted by Gasteiger charge is 2.09. The number of hydrogen-bond acceptors (Lipinski definition) is 2. The van der Waals surface area contributed by atoms with Gasteiger partial charge in [0.1, 0.15) is 0 Å². The van der Waals surface area contributed by atoms with Gasteiger partial charge in [-0.15, -0.1) is 0 Å². The van der Waals surface area contributed by atoms with Crippen molar-refractivity contribution in [3.63, 3.8) is 0 Å². The van der Waals surface area contributed by atoms with Crippen LogP contribution in [0.15, 0.2) is 42.5 Å². The Labute approximate surface area is 114 Å². The second-order valence-corrected chi connectivity index (χ2v) is 4.94. The number of hydrogen-bond donors (Lipinski definition) is 1. The summed E-state index contributed by atoms with van der Waals surface area (Å²) in [5, 5.41) is 0. The predicted molar refractivity (Wildman–Crippen MR) is 78.5 cm³/mol. The minimum absolute atomic E-state index is 0.0751. The molecule has 2 nitrogen and oxygen atoms in total. The van der Waals surface area contributed by atoms with Crippen molar-refractivity contribution in [3.05, 3.63) is 70.3 Å². The van der Waals surface area contributed by atoms with Crippen molar-refractivity contribution in [1.82, 2.24) is 0 Å². The number of carbonyl (C=O) groups excluding carboxylic acids is 1. The van der Waals surface area contributed by atoms with Crippen LogP contribution in [0.3, 0.4) is 0 Å². The number of rotatable bonds is 4. The minimum atomic E-state index is 0.0751. The fourth-order valence-corrected chi connectivity index (χ4v) is 2.26. The van der Waals surface area contributed by atoms with E-state index in [0.717, 1.165) is 28.7 Å². The van der Waals surface area contributed by atoms with E-state index in [2.05, 4.69) is 6.07 Å². The lowest BCUT2D eigenvalue weighted by atomic mass is 9.98. The van der Waals surface area contributed by atoms with Gasteiger partial charge in [-0.05, 0) is 44.5 Å². The van der Waals surface area contributed by atoms with Crippen molar-refractivity contribution in [1.29, 1.82) is 0 Å². The third-order valence-corrected chi connectivity index (χ3v) is 3.13. The van der Waals surface area contributed by atoms with Crippen molar-refractivity contribution >= 4 is 5.78 Å². The SMILES string of the molecule is Cc1cc(C)cc(C(=O)c2ccc(CCN)cc2)c1. The summed E-state index contributed by atoms with van der Waals surface area (Å²) in [6, 6.07) is 13.6. The van der Waals surface area contributed by atoms with Gasteiger partial charge in [0.2, 0.25) is 0 Å². The van der Waals surface area contributed by atoms with Crippen LogP contribution in [0.25, 0.3) is 0 Å². The molecule has 2 aromatic carbocycles. The smallest absolute Gasteiger partial charge is 0.193 e. The Hall–Kier alpha value is -1.93. The Morgan fingerprint density at radius 2 is 1.53 bits per heavy atom. The molecule has 19 heavy (non-hydrogen) atoms. The molecule has 2 rings (SSSR count). The Balaban J connectivity index is 2.28. The van der Waals surface area contributed by atoms with Crippen LogP contribution < -0.4 is 5.73 Å². The Morgan fingerprint density at radius 1 is 0.947 bits per heavy atom. The van der Waals surface area contributed by atoms with Crippen LogP contribution in [0.4, 0.5) is 0 Å². The fraction of sp³-hybridized carbons (Fsp3) is 0.235. The molecule has 0 aromatic heterocycles. The van der Waals surface area contributed by atoms with Crippen molar-refractivity contribution < 1.29 is 4.79 Å². The van der Waals surface area contributed by atoms with Crippen molar-refractivity contribution in [2.75, 3.05) is 6.54 Å². The van der Waals surface area contributed by atoms with Crippen molar-refractivity contribution in [2.24, 2.45) is 5.73 Å². The monoisotopic (exact) mass is 253 g/mol. The van der Waals surface area contributed by atoms with Gasteiger partial charge in [0, 0.05) is 11.1 Å². The third kappa shape index (κ3) is 3.30. The zero-order chi connectivity index (χ0) is 13.8. The second kappa shape index (κ2) is 5.81. The van der Waals surface area contributed by atoms with E-state index in [4.69, 9.17) is 5.73 Å². The molecule has 2 N–H and O–H groups in total. The summed E-state index contributed by atoms with van der Waals surface area (Å²) in [6.45, 7) is 4.65. The van der Waals surface area contributed by atoms with Crippen LogP contribution in [-0.4, -0.2) is 12.3 Å². The van der Waals surface area contributed by atoms with Gasteiger partial charge in [0.05, 0.1) is 0 Å². The van der Waals surface area contributed by atoms with E-state index in [0.29, 0.717) is 6.54 Å². The van der Waals surface area contributed by atoms with Crippen LogP contribution in [0.5, 0.6) is 0 Å².